The standard InChI is InChI=1S/C10H8N2O2S2/c13-11-5-1-3-9(7-11)15-16-10-4-2-6-12(14)8-10/h1-8H. The third-order valence-corrected chi connectivity index (χ3v) is 4.09. The summed E-state index contributed by atoms with van der Waals surface area (Å²) in [4.78, 5) is 1.70. The summed E-state index contributed by atoms with van der Waals surface area (Å²) in [6, 6.07) is 7.07. The van der Waals surface area contributed by atoms with Crippen LogP contribution in [-0.2, 0) is 0 Å². The molecule has 2 aromatic heterocycles. The van der Waals surface area contributed by atoms with E-state index in [9.17, 15) is 10.4 Å². The summed E-state index contributed by atoms with van der Waals surface area (Å²) in [5.41, 5.74) is 0. The number of pyridine rings is 2. The molecule has 0 aromatic carbocycles. The number of rotatable bonds is 3. The normalized spacial score (nSPS) is 10.2. The molecule has 16 heavy (non-hydrogen) atoms. The van der Waals surface area contributed by atoms with Gasteiger partial charge < -0.3 is 10.4 Å². The predicted molar refractivity (Wildman–Crippen MR) is 62.5 cm³/mol. The van der Waals surface area contributed by atoms with Gasteiger partial charge in [0.25, 0.3) is 0 Å². The Bertz CT molecular complexity index is 448. The molecule has 0 saturated heterocycles. The van der Waals surface area contributed by atoms with Gasteiger partial charge >= 0.3 is 0 Å². The average molecular weight is 252 g/mol. The van der Waals surface area contributed by atoms with Gasteiger partial charge in [-0.15, -0.1) is 0 Å². The quantitative estimate of drug-likeness (QED) is 0.474. The Morgan fingerprint density at radius 3 is 1.62 bits per heavy atom. The molecule has 0 amide bonds. The third kappa shape index (κ3) is 3.04. The van der Waals surface area contributed by atoms with Crippen LogP contribution in [0.15, 0.2) is 58.8 Å². The van der Waals surface area contributed by atoms with Crippen molar-refractivity contribution in [3.05, 3.63) is 59.5 Å². The smallest absolute Gasteiger partial charge is 0.194 e. The molecule has 2 aromatic rings. The molecule has 0 bridgehead atoms. The van der Waals surface area contributed by atoms with Crippen molar-refractivity contribution in [2.24, 2.45) is 0 Å². The first kappa shape index (κ1) is 11.1. The van der Waals surface area contributed by atoms with E-state index in [1.165, 1.54) is 46.4 Å². The fourth-order valence-corrected chi connectivity index (χ4v) is 2.99. The molecule has 2 rings (SSSR count). The van der Waals surface area contributed by atoms with Crippen LogP contribution in [0.25, 0.3) is 0 Å². The van der Waals surface area contributed by atoms with E-state index in [2.05, 4.69) is 0 Å². The van der Waals surface area contributed by atoms with Gasteiger partial charge in [0, 0.05) is 12.1 Å². The van der Waals surface area contributed by atoms with E-state index in [4.69, 9.17) is 0 Å². The van der Waals surface area contributed by atoms with E-state index < -0.39 is 0 Å². The van der Waals surface area contributed by atoms with Gasteiger partial charge in [-0.3, -0.25) is 0 Å². The molecule has 0 spiro atoms. The van der Waals surface area contributed by atoms with Crippen LogP contribution < -0.4 is 9.46 Å². The highest BCUT2D eigenvalue weighted by Gasteiger charge is 2.02. The molecule has 0 aliphatic carbocycles. The highest BCUT2D eigenvalue weighted by atomic mass is 33.1. The topological polar surface area (TPSA) is 53.9 Å². The minimum atomic E-state index is 0.752. The van der Waals surface area contributed by atoms with Crippen molar-refractivity contribution in [2.75, 3.05) is 0 Å². The number of aromatic nitrogens is 2. The maximum Gasteiger partial charge on any atom is 0.194 e. The lowest BCUT2D eigenvalue weighted by Gasteiger charge is -2.01. The van der Waals surface area contributed by atoms with Gasteiger partial charge in [-0.25, -0.2) is 0 Å². The molecule has 0 N–H and O–H groups in total. The first-order chi connectivity index (χ1) is 7.74. The summed E-state index contributed by atoms with van der Waals surface area (Å²) in [6.45, 7) is 0. The van der Waals surface area contributed by atoms with Gasteiger partial charge in [0.1, 0.15) is 0 Å². The van der Waals surface area contributed by atoms with E-state index in [0.717, 1.165) is 19.3 Å². The highest BCUT2D eigenvalue weighted by molar-refractivity contribution is 8.76. The van der Waals surface area contributed by atoms with E-state index >= 15 is 0 Å². The molecule has 0 unspecified atom stereocenters. The number of nitrogens with zero attached hydrogens (tertiary/aromatic N) is 2. The first-order valence-corrected chi connectivity index (χ1v) is 6.61. The van der Waals surface area contributed by atoms with Crippen LogP contribution in [-0.4, -0.2) is 0 Å². The Kier molecular flexibility index (Phi) is 3.53. The van der Waals surface area contributed by atoms with Crippen LogP contribution >= 0.6 is 21.6 Å². The van der Waals surface area contributed by atoms with Crippen molar-refractivity contribution in [1.82, 2.24) is 0 Å². The lowest BCUT2D eigenvalue weighted by Crippen LogP contribution is -2.24. The van der Waals surface area contributed by atoms with E-state index in [1.54, 1.807) is 12.1 Å². The molecule has 0 aliphatic rings. The molecule has 2 heterocycles. The Hall–Kier alpha value is -1.40. The van der Waals surface area contributed by atoms with Gasteiger partial charge in [-0.05, 0) is 33.7 Å². The predicted octanol–water partition coefficient (Wildman–Crippen LogP) is 1.75. The van der Waals surface area contributed by atoms with Gasteiger partial charge in [-0.1, -0.05) is 0 Å². The zero-order chi connectivity index (χ0) is 11.4. The lowest BCUT2D eigenvalue weighted by molar-refractivity contribution is -0.607. The summed E-state index contributed by atoms with van der Waals surface area (Å²) in [5, 5.41) is 22.0. The summed E-state index contributed by atoms with van der Waals surface area (Å²) >= 11 is 0. The SMILES string of the molecule is [O-][n+]1cccc(SSc2ccc[n+]([O-])c2)c1. The van der Waals surface area contributed by atoms with E-state index in [1.807, 2.05) is 12.1 Å². The summed E-state index contributed by atoms with van der Waals surface area (Å²) < 4.78 is 1.50. The molecule has 0 aliphatic heterocycles. The minimum Gasteiger partial charge on any atom is -0.619 e. The summed E-state index contributed by atoms with van der Waals surface area (Å²) in [7, 11) is 2.88. The van der Waals surface area contributed by atoms with Gasteiger partial charge in [0.05, 0.1) is 9.79 Å². The maximum absolute atomic E-state index is 11.0. The molecule has 0 atom stereocenters. The van der Waals surface area contributed by atoms with Crippen molar-refractivity contribution in [3.8, 4) is 0 Å². The number of hydrogen-bond acceptors (Lipinski definition) is 4. The third-order valence-electron chi connectivity index (χ3n) is 1.73. The second-order valence-corrected chi connectivity index (χ2v) is 5.24. The molecule has 6 heteroatoms. The van der Waals surface area contributed by atoms with E-state index in [-0.39, 0.29) is 0 Å². The van der Waals surface area contributed by atoms with Gasteiger partial charge in [0.15, 0.2) is 24.8 Å². The van der Waals surface area contributed by atoms with Crippen LogP contribution in [0.3, 0.4) is 0 Å². The second kappa shape index (κ2) is 5.09. The summed E-state index contributed by atoms with van der Waals surface area (Å²) in [5.74, 6) is 0. The fraction of sp³-hybridized carbons (Fsp3) is 0. The molecular formula is C10H8N2O2S2. The highest BCUT2D eigenvalue weighted by Crippen LogP contribution is 2.35. The van der Waals surface area contributed by atoms with Crippen molar-refractivity contribution in [1.29, 1.82) is 0 Å². The van der Waals surface area contributed by atoms with Gasteiger partial charge in [-0.2, -0.15) is 9.46 Å². The Morgan fingerprint density at radius 2 is 1.25 bits per heavy atom. The van der Waals surface area contributed by atoms with Crippen LogP contribution in [0.1, 0.15) is 0 Å². The molecule has 0 fully saturated rings. The Balaban J connectivity index is 2.02. The second-order valence-electron chi connectivity index (χ2n) is 2.97. The zero-order valence-corrected chi connectivity index (χ0v) is 9.78. The molecule has 0 saturated carbocycles. The van der Waals surface area contributed by atoms with Crippen molar-refractivity contribution >= 4 is 21.6 Å². The average Bonchev–Trinajstić information content (AvgIpc) is 2.27. The van der Waals surface area contributed by atoms with Crippen molar-refractivity contribution < 1.29 is 9.46 Å². The monoisotopic (exact) mass is 252 g/mol. The van der Waals surface area contributed by atoms with E-state index in [0.29, 0.717) is 0 Å². The molecule has 82 valence electrons. The molecular weight excluding hydrogens is 244 g/mol. The molecule has 4 nitrogen and oxygen atoms in total. The fourth-order valence-electron chi connectivity index (χ4n) is 1.06. The Labute approximate surface area is 100 Å². The minimum absolute atomic E-state index is 0.752. The largest absolute Gasteiger partial charge is 0.619 e. The Morgan fingerprint density at radius 1 is 0.812 bits per heavy atom. The van der Waals surface area contributed by atoms with Gasteiger partial charge in [0.2, 0.25) is 0 Å². The lowest BCUT2D eigenvalue weighted by atomic mass is 10.5. The number of hydrogen-bond donors (Lipinski definition) is 0. The van der Waals surface area contributed by atoms with Crippen LogP contribution in [0.2, 0.25) is 0 Å². The van der Waals surface area contributed by atoms with Crippen LogP contribution in [0.5, 0.6) is 0 Å². The maximum atomic E-state index is 11.0. The first-order valence-electron chi connectivity index (χ1n) is 4.46. The van der Waals surface area contributed by atoms with Crippen LogP contribution in [0.4, 0.5) is 0 Å². The van der Waals surface area contributed by atoms with Crippen LogP contribution in [0, 0.1) is 10.4 Å². The zero-order valence-electron chi connectivity index (χ0n) is 8.15. The molecule has 0 radical (unpaired) electrons. The van der Waals surface area contributed by atoms with Crippen molar-refractivity contribution in [3.63, 3.8) is 0 Å². The summed E-state index contributed by atoms with van der Waals surface area (Å²) in [6.07, 6.45) is 5.85. The van der Waals surface area contributed by atoms with Crippen molar-refractivity contribution in [2.45, 2.75) is 9.79 Å².